The first kappa shape index (κ1) is 22.7. The Morgan fingerprint density at radius 1 is 1.33 bits per heavy atom. The van der Waals surface area contributed by atoms with E-state index in [1.807, 2.05) is 0 Å². The lowest BCUT2D eigenvalue weighted by atomic mass is 10.0. The SMILES string of the molecule is O=S(=O)(CC(F)(F)CCc1nonc1/C(Cc1ccc(F)c(Br)c1)=N/O)N1CCC1. The van der Waals surface area contributed by atoms with Crippen LogP contribution in [0.1, 0.15) is 29.8 Å². The molecule has 0 radical (unpaired) electrons. The number of rotatable bonds is 9. The Hall–Kier alpha value is -1.99. The molecule has 0 saturated carbocycles. The topological polar surface area (TPSA) is 109 Å². The van der Waals surface area contributed by atoms with Crippen molar-refractivity contribution in [2.45, 2.75) is 31.6 Å². The fourth-order valence-electron chi connectivity index (χ4n) is 2.90. The largest absolute Gasteiger partial charge is 0.411 e. The molecule has 3 rings (SSSR count). The van der Waals surface area contributed by atoms with Crippen LogP contribution < -0.4 is 0 Å². The first-order chi connectivity index (χ1) is 14.1. The van der Waals surface area contributed by atoms with E-state index in [4.69, 9.17) is 0 Å². The molecule has 0 spiro atoms. The van der Waals surface area contributed by atoms with Gasteiger partial charge in [0.2, 0.25) is 10.0 Å². The van der Waals surface area contributed by atoms with Crippen molar-refractivity contribution in [2.75, 3.05) is 18.8 Å². The Bertz CT molecular complexity index is 1040. The van der Waals surface area contributed by atoms with Gasteiger partial charge in [0, 0.05) is 32.4 Å². The van der Waals surface area contributed by atoms with Crippen molar-refractivity contribution in [1.82, 2.24) is 14.6 Å². The van der Waals surface area contributed by atoms with Gasteiger partial charge in [0.15, 0.2) is 5.69 Å². The Morgan fingerprint density at radius 2 is 2.07 bits per heavy atom. The quantitative estimate of drug-likeness (QED) is 0.315. The Morgan fingerprint density at radius 3 is 2.67 bits per heavy atom. The van der Waals surface area contributed by atoms with Gasteiger partial charge in [-0.3, -0.25) is 0 Å². The number of alkyl halides is 2. The van der Waals surface area contributed by atoms with E-state index in [2.05, 4.69) is 36.0 Å². The monoisotopic (exact) mass is 510 g/mol. The molecule has 2 heterocycles. The first-order valence-corrected chi connectivity index (χ1v) is 11.3. The summed E-state index contributed by atoms with van der Waals surface area (Å²) < 4.78 is 71.7. The number of nitrogens with zero attached hydrogens (tertiary/aromatic N) is 4. The van der Waals surface area contributed by atoms with Crippen LogP contribution in [0.15, 0.2) is 32.5 Å². The highest BCUT2D eigenvalue weighted by molar-refractivity contribution is 9.10. The molecule has 1 N–H and O–H groups in total. The van der Waals surface area contributed by atoms with Crippen molar-refractivity contribution in [2.24, 2.45) is 5.16 Å². The zero-order valence-electron chi connectivity index (χ0n) is 15.6. The van der Waals surface area contributed by atoms with E-state index in [1.165, 1.54) is 18.2 Å². The summed E-state index contributed by atoms with van der Waals surface area (Å²) in [5.41, 5.74) is 0.529. The second-order valence-corrected chi connectivity index (χ2v) is 9.72. The van der Waals surface area contributed by atoms with Gasteiger partial charge in [-0.15, -0.1) is 0 Å². The van der Waals surface area contributed by atoms with E-state index >= 15 is 0 Å². The van der Waals surface area contributed by atoms with Crippen molar-refractivity contribution in [1.29, 1.82) is 0 Å². The summed E-state index contributed by atoms with van der Waals surface area (Å²) >= 11 is 3.05. The lowest BCUT2D eigenvalue weighted by Gasteiger charge is -2.31. The summed E-state index contributed by atoms with van der Waals surface area (Å²) in [7, 11) is -4.03. The molecule has 30 heavy (non-hydrogen) atoms. The average molecular weight is 511 g/mol. The van der Waals surface area contributed by atoms with Crippen molar-refractivity contribution >= 4 is 31.7 Å². The standard InChI is InChI=1S/C17H18BrF3N4O4S/c18-12-8-11(2-3-13(12)19)9-15(22-26)16-14(23-29-24-16)4-5-17(20,21)10-30(27,28)25-6-1-7-25/h2-3,8,26H,1,4-7,9-10H2/b22-15+. The predicted octanol–water partition coefficient (Wildman–Crippen LogP) is 3.00. The zero-order valence-corrected chi connectivity index (χ0v) is 18.0. The average Bonchev–Trinajstić information content (AvgIpc) is 3.06. The van der Waals surface area contributed by atoms with Crippen LogP contribution in [-0.4, -0.2) is 58.7 Å². The summed E-state index contributed by atoms with van der Waals surface area (Å²) in [5.74, 6) is -5.24. The van der Waals surface area contributed by atoms with Crippen LogP contribution in [0.3, 0.4) is 0 Å². The number of hydrogen-bond donors (Lipinski definition) is 1. The van der Waals surface area contributed by atoms with E-state index in [0.717, 1.165) is 4.31 Å². The van der Waals surface area contributed by atoms with E-state index in [0.29, 0.717) is 12.0 Å². The molecule has 1 aliphatic rings. The molecule has 1 aromatic carbocycles. The molecule has 0 atom stereocenters. The molecule has 2 aromatic rings. The number of oxime groups is 1. The first-order valence-electron chi connectivity index (χ1n) is 8.93. The minimum Gasteiger partial charge on any atom is -0.411 e. The van der Waals surface area contributed by atoms with Gasteiger partial charge in [0.25, 0.3) is 5.92 Å². The van der Waals surface area contributed by atoms with Crippen LogP contribution in [0.5, 0.6) is 0 Å². The zero-order chi connectivity index (χ0) is 21.9. The van der Waals surface area contributed by atoms with Crippen LogP contribution in [-0.2, 0) is 22.9 Å². The highest BCUT2D eigenvalue weighted by Crippen LogP contribution is 2.27. The Balaban J connectivity index is 1.68. The van der Waals surface area contributed by atoms with E-state index in [1.54, 1.807) is 0 Å². The maximum Gasteiger partial charge on any atom is 0.263 e. The smallest absolute Gasteiger partial charge is 0.263 e. The van der Waals surface area contributed by atoms with Gasteiger partial charge in [-0.1, -0.05) is 16.4 Å². The second-order valence-electron chi connectivity index (χ2n) is 6.90. The third-order valence-corrected chi connectivity index (χ3v) is 7.18. The van der Waals surface area contributed by atoms with Crippen LogP contribution in [0.25, 0.3) is 0 Å². The number of sulfonamides is 1. The van der Waals surface area contributed by atoms with Gasteiger partial charge in [-0.25, -0.2) is 30.5 Å². The molecule has 1 saturated heterocycles. The molecular formula is C17H18BrF3N4O4S. The van der Waals surface area contributed by atoms with Crippen molar-refractivity contribution in [3.8, 4) is 0 Å². The normalized spacial score (nSPS) is 15.9. The number of hydrogen-bond acceptors (Lipinski definition) is 7. The molecule has 164 valence electrons. The minimum atomic E-state index is -4.03. The summed E-state index contributed by atoms with van der Waals surface area (Å²) in [4.78, 5) is 0. The fraction of sp³-hybridized carbons (Fsp3) is 0.471. The molecule has 0 unspecified atom stereocenters. The molecular weight excluding hydrogens is 493 g/mol. The molecule has 1 aromatic heterocycles. The summed E-state index contributed by atoms with van der Waals surface area (Å²) in [6.07, 6.45) is -0.474. The third-order valence-electron chi connectivity index (χ3n) is 4.64. The molecule has 8 nitrogen and oxygen atoms in total. The lowest BCUT2D eigenvalue weighted by Crippen LogP contribution is -2.46. The summed E-state index contributed by atoms with van der Waals surface area (Å²) in [6, 6.07) is 4.16. The fourth-order valence-corrected chi connectivity index (χ4v) is 5.00. The second kappa shape index (κ2) is 9.02. The van der Waals surface area contributed by atoms with Crippen LogP contribution in [0.2, 0.25) is 0 Å². The molecule has 0 bridgehead atoms. The van der Waals surface area contributed by atoms with Crippen molar-refractivity contribution in [3.63, 3.8) is 0 Å². The van der Waals surface area contributed by atoms with Crippen LogP contribution in [0.4, 0.5) is 13.2 Å². The van der Waals surface area contributed by atoms with E-state index in [-0.39, 0.29) is 47.5 Å². The lowest BCUT2D eigenvalue weighted by molar-refractivity contribution is 0.0151. The van der Waals surface area contributed by atoms with E-state index in [9.17, 15) is 26.8 Å². The van der Waals surface area contributed by atoms with Gasteiger partial charge in [-0.2, -0.15) is 0 Å². The molecule has 1 aliphatic heterocycles. The van der Waals surface area contributed by atoms with Gasteiger partial charge in [0.05, 0.1) is 4.47 Å². The molecule has 0 aliphatic carbocycles. The number of benzene rings is 1. The Labute approximate surface area is 178 Å². The van der Waals surface area contributed by atoms with Gasteiger partial charge in [-0.05, 0) is 45.2 Å². The van der Waals surface area contributed by atoms with Crippen LogP contribution in [0, 0.1) is 5.82 Å². The number of halogens is 4. The van der Waals surface area contributed by atoms with Crippen molar-refractivity contribution < 1.29 is 31.4 Å². The van der Waals surface area contributed by atoms with Gasteiger partial charge < -0.3 is 5.21 Å². The molecule has 13 heteroatoms. The van der Waals surface area contributed by atoms with Crippen molar-refractivity contribution in [3.05, 3.63) is 45.4 Å². The maximum atomic E-state index is 14.3. The van der Waals surface area contributed by atoms with Gasteiger partial charge >= 0.3 is 0 Å². The highest BCUT2D eigenvalue weighted by Gasteiger charge is 2.40. The molecule has 0 amide bonds. The highest BCUT2D eigenvalue weighted by atomic mass is 79.9. The predicted molar refractivity (Wildman–Crippen MR) is 104 cm³/mol. The Kier molecular flexibility index (Phi) is 6.82. The number of aryl methyl sites for hydroxylation is 1. The molecule has 1 fully saturated rings. The van der Waals surface area contributed by atoms with Crippen LogP contribution >= 0.6 is 15.9 Å². The third kappa shape index (κ3) is 5.38. The maximum absolute atomic E-state index is 14.3. The van der Waals surface area contributed by atoms with E-state index < -0.39 is 33.9 Å². The summed E-state index contributed by atoms with van der Waals surface area (Å²) in [6.45, 7) is 0.511. The summed E-state index contributed by atoms with van der Waals surface area (Å²) in [5, 5.41) is 19.7. The number of aromatic nitrogens is 2. The minimum absolute atomic E-state index is 0.00463. The van der Waals surface area contributed by atoms with Gasteiger partial charge in [0.1, 0.15) is 23.0 Å².